The van der Waals surface area contributed by atoms with Crippen LogP contribution in [0.5, 0.6) is 0 Å². The first-order valence-corrected chi connectivity index (χ1v) is 5.64. The number of nitrogens with one attached hydrogen (secondary N) is 1. The topological polar surface area (TPSA) is 34.4 Å². The molecule has 0 saturated carbocycles. The highest BCUT2D eigenvalue weighted by Crippen LogP contribution is 2.19. The SMILES string of the molecule is CC1CC(NCc2ccoc2)CC(C)O1. The van der Waals surface area contributed by atoms with Crippen LogP contribution in [0.1, 0.15) is 32.3 Å². The molecule has 2 heterocycles. The van der Waals surface area contributed by atoms with E-state index in [1.165, 1.54) is 5.56 Å². The predicted molar refractivity (Wildman–Crippen MR) is 58.6 cm³/mol. The van der Waals surface area contributed by atoms with E-state index in [4.69, 9.17) is 9.15 Å². The third-order valence-electron chi connectivity index (χ3n) is 2.87. The molecule has 3 nitrogen and oxygen atoms in total. The Balaban J connectivity index is 1.79. The van der Waals surface area contributed by atoms with Gasteiger partial charge < -0.3 is 14.5 Å². The van der Waals surface area contributed by atoms with Gasteiger partial charge in [0.25, 0.3) is 0 Å². The Morgan fingerprint density at radius 3 is 2.67 bits per heavy atom. The zero-order valence-electron chi connectivity index (χ0n) is 9.40. The van der Waals surface area contributed by atoms with Gasteiger partial charge in [0, 0.05) is 18.2 Å². The summed E-state index contributed by atoms with van der Waals surface area (Å²) in [6.45, 7) is 5.17. The fourth-order valence-electron chi connectivity index (χ4n) is 2.23. The quantitative estimate of drug-likeness (QED) is 0.829. The number of ether oxygens (including phenoxy) is 1. The lowest BCUT2D eigenvalue weighted by molar-refractivity contribution is -0.0422. The van der Waals surface area contributed by atoms with E-state index in [9.17, 15) is 0 Å². The maximum atomic E-state index is 5.69. The average molecular weight is 209 g/mol. The Morgan fingerprint density at radius 2 is 2.07 bits per heavy atom. The van der Waals surface area contributed by atoms with Gasteiger partial charge in [0.2, 0.25) is 0 Å². The molecule has 2 rings (SSSR count). The first-order chi connectivity index (χ1) is 7.24. The van der Waals surface area contributed by atoms with E-state index in [1.54, 1.807) is 12.5 Å². The van der Waals surface area contributed by atoms with Crippen LogP contribution in [0.3, 0.4) is 0 Å². The highest BCUT2D eigenvalue weighted by Gasteiger charge is 2.23. The molecule has 1 aliphatic heterocycles. The molecule has 2 atom stereocenters. The summed E-state index contributed by atoms with van der Waals surface area (Å²) in [5.74, 6) is 0. The Labute approximate surface area is 90.8 Å². The summed E-state index contributed by atoms with van der Waals surface area (Å²) < 4.78 is 10.7. The molecule has 15 heavy (non-hydrogen) atoms. The molecule has 84 valence electrons. The first-order valence-electron chi connectivity index (χ1n) is 5.64. The lowest BCUT2D eigenvalue weighted by Crippen LogP contribution is -2.40. The fourth-order valence-corrected chi connectivity index (χ4v) is 2.23. The highest BCUT2D eigenvalue weighted by atomic mass is 16.5. The van der Waals surface area contributed by atoms with Crippen molar-refractivity contribution in [1.82, 2.24) is 5.32 Å². The maximum Gasteiger partial charge on any atom is 0.0947 e. The minimum Gasteiger partial charge on any atom is -0.472 e. The van der Waals surface area contributed by atoms with Crippen molar-refractivity contribution in [2.45, 2.75) is 51.5 Å². The second kappa shape index (κ2) is 4.81. The summed E-state index contributed by atoms with van der Waals surface area (Å²) >= 11 is 0. The molecule has 1 aliphatic rings. The molecule has 2 unspecified atom stereocenters. The molecular weight excluding hydrogens is 190 g/mol. The third kappa shape index (κ3) is 3.08. The van der Waals surface area contributed by atoms with Crippen LogP contribution in [-0.4, -0.2) is 18.2 Å². The summed E-state index contributed by atoms with van der Waals surface area (Å²) in [5, 5.41) is 3.54. The van der Waals surface area contributed by atoms with E-state index in [2.05, 4.69) is 19.2 Å². The van der Waals surface area contributed by atoms with Crippen LogP contribution in [0, 0.1) is 0 Å². The van der Waals surface area contributed by atoms with Crippen LogP contribution >= 0.6 is 0 Å². The van der Waals surface area contributed by atoms with Gasteiger partial charge in [-0.2, -0.15) is 0 Å². The van der Waals surface area contributed by atoms with E-state index in [1.807, 2.05) is 6.07 Å². The summed E-state index contributed by atoms with van der Waals surface area (Å²) in [5.41, 5.74) is 1.21. The van der Waals surface area contributed by atoms with Crippen molar-refractivity contribution in [2.24, 2.45) is 0 Å². The molecule has 0 spiro atoms. The molecule has 1 aromatic heterocycles. The van der Waals surface area contributed by atoms with Gasteiger partial charge in [-0.05, 0) is 32.8 Å². The first kappa shape index (κ1) is 10.7. The second-order valence-corrected chi connectivity index (χ2v) is 4.44. The van der Waals surface area contributed by atoms with Gasteiger partial charge in [0.1, 0.15) is 0 Å². The number of hydrogen-bond donors (Lipinski definition) is 1. The Hall–Kier alpha value is -0.800. The lowest BCUT2D eigenvalue weighted by atomic mass is 10.00. The van der Waals surface area contributed by atoms with Crippen LogP contribution in [0.25, 0.3) is 0 Å². The molecule has 1 fully saturated rings. The van der Waals surface area contributed by atoms with Crippen molar-refractivity contribution in [1.29, 1.82) is 0 Å². The van der Waals surface area contributed by atoms with Gasteiger partial charge in [0.15, 0.2) is 0 Å². The molecule has 1 aromatic rings. The normalized spacial score (nSPS) is 31.7. The Kier molecular flexibility index (Phi) is 3.44. The van der Waals surface area contributed by atoms with Gasteiger partial charge in [-0.15, -0.1) is 0 Å². The van der Waals surface area contributed by atoms with Crippen molar-refractivity contribution in [2.75, 3.05) is 0 Å². The van der Waals surface area contributed by atoms with Crippen LogP contribution < -0.4 is 5.32 Å². The van der Waals surface area contributed by atoms with E-state index in [0.29, 0.717) is 18.2 Å². The van der Waals surface area contributed by atoms with E-state index >= 15 is 0 Å². The third-order valence-corrected chi connectivity index (χ3v) is 2.87. The number of hydrogen-bond acceptors (Lipinski definition) is 3. The van der Waals surface area contributed by atoms with E-state index < -0.39 is 0 Å². The van der Waals surface area contributed by atoms with Gasteiger partial charge in [-0.25, -0.2) is 0 Å². The van der Waals surface area contributed by atoms with Gasteiger partial charge in [-0.3, -0.25) is 0 Å². The molecule has 0 bridgehead atoms. The molecule has 1 N–H and O–H groups in total. The van der Waals surface area contributed by atoms with Gasteiger partial charge >= 0.3 is 0 Å². The zero-order chi connectivity index (χ0) is 10.7. The largest absolute Gasteiger partial charge is 0.472 e. The van der Waals surface area contributed by atoms with Crippen LogP contribution in [0.4, 0.5) is 0 Å². The summed E-state index contributed by atoms with van der Waals surface area (Å²) in [4.78, 5) is 0. The average Bonchev–Trinajstić information content (AvgIpc) is 2.65. The van der Waals surface area contributed by atoms with Gasteiger partial charge in [-0.1, -0.05) is 0 Å². The summed E-state index contributed by atoms with van der Waals surface area (Å²) in [6, 6.07) is 2.57. The van der Waals surface area contributed by atoms with Crippen molar-refractivity contribution < 1.29 is 9.15 Å². The smallest absolute Gasteiger partial charge is 0.0947 e. The van der Waals surface area contributed by atoms with E-state index in [-0.39, 0.29) is 0 Å². The minimum absolute atomic E-state index is 0.371. The molecule has 0 radical (unpaired) electrons. The highest BCUT2D eigenvalue weighted by molar-refractivity contribution is 5.04. The molecule has 3 heteroatoms. The maximum absolute atomic E-state index is 5.69. The Bertz CT molecular complexity index is 274. The van der Waals surface area contributed by atoms with Crippen molar-refractivity contribution in [3.8, 4) is 0 Å². The molecule has 0 amide bonds. The van der Waals surface area contributed by atoms with Crippen LogP contribution in [0.2, 0.25) is 0 Å². The Morgan fingerprint density at radius 1 is 1.33 bits per heavy atom. The number of furan rings is 1. The summed E-state index contributed by atoms with van der Waals surface area (Å²) in [6.07, 6.45) is 6.45. The second-order valence-electron chi connectivity index (χ2n) is 4.44. The molecule has 0 aromatic carbocycles. The standard InChI is InChI=1S/C12H19NO2/c1-9-5-12(6-10(2)15-9)13-7-11-3-4-14-8-11/h3-4,8-10,12-13H,5-7H2,1-2H3. The van der Waals surface area contributed by atoms with Crippen LogP contribution in [-0.2, 0) is 11.3 Å². The minimum atomic E-state index is 0.371. The zero-order valence-corrected chi connectivity index (χ0v) is 9.40. The van der Waals surface area contributed by atoms with E-state index in [0.717, 1.165) is 19.4 Å². The van der Waals surface area contributed by atoms with Crippen LogP contribution in [0.15, 0.2) is 23.0 Å². The molecule has 0 aliphatic carbocycles. The lowest BCUT2D eigenvalue weighted by Gasteiger charge is -2.32. The molecular formula is C12H19NO2. The monoisotopic (exact) mass is 209 g/mol. The predicted octanol–water partition coefficient (Wildman–Crippen LogP) is 2.33. The van der Waals surface area contributed by atoms with Crippen molar-refractivity contribution in [3.63, 3.8) is 0 Å². The summed E-state index contributed by atoms with van der Waals surface area (Å²) in [7, 11) is 0. The van der Waals surface area contributed by atoms with Crippen molar-refractivity contribution >= 4 is 0 Å². The number of rotatable bonds is 3. The van der Waals surface area contributed by atoms with Gasteiger partial charge in [0.05, 0.1) is 24.7 Å². The molecule has 1 saturated heterocycles. The fraction of sp³-hybridized carbons (Fsp3) is 0.667. The van der Waals surface area contributed by atoms with Crippen molar-refractivity contribution in [3.05, 3.63) is 24.2 Å².